The number of aromatic nitrogens is 1. The van der Waals surface area contributed by atoms with E-state index >= 15 is 0 Å². The molecule has 0 spiro atoms. The Morgan fingerprint density at radius 1 is 1.31 bits per heavy atom. The largest absolute Gasteiger partial charge is 0.507 e. The van der Waals surface area contributed by atoms with Gasteiger partial charge < -0.3 is 10.1 Å². The smallest absolute Gasteiger partial charge is 0.252 e. The summed E-state index contributed by atoms with van der Waals surface area (Å²) in [5.41, 5.74) is 1.43. The van der Waals surface area contributed by atoms with Gasteiger partial charge in [0.05, 0.1) is 5.52 Å². The van der Waals surface area contributed by atoms with E-state index in [0.29, 0.717) is 10.9 Å². The number of aromatic amines is 1. The highest BCUT2D eigenvalue weighted by molar-refractivity contribution is 5.84. The monoisotopic (exact) mass is 175 g/mol. The maximum Gasteiger partial charge on any atom is 0.252 e. The SMILES string of the molecule is Cc1ccc2[nH]c(=O)cc(O)c2c1. The van der Waals surface area contributed by atoms with Crippen molar-refractivity contribution in [2.24, 2.45) is 0 Å². The lowest BCUT2D eigenvalue weighted by molar-refractivity contribution is 0.480. The highest BCUT2D eigenvalue weighted by Crippen LogP contribution is 2.21. The molecule has 2 aromatic rings. The second-order valence-electron chi connectivity index (χ2n) is 3.07. The molecule has 0 fully saturated rings. The first-order chi connectivity index (χ1) is 6.16. The number of fused-ring (bicyclic) bond motifs is 1. The second-order valence-corrected chi connectivity index (χ2v) is 3.07. The maximum absolute atomic E-state index is 11.0. The minimum atomic E-state index is -0.283. The summed E-state index contributed by atoms with van der Waals surface area (Å²) in [6, 6.07) is 6.69. The molecule has 0 aliphatic heterocycles. The Balaban J connectivity index is 2.95. The Morgan fingerprint density at radius 2 is 2.08 bits per heavy atom. The molecule has 3 nitrogen and oxygen atoms in total. The standard InChI is InChI=1S/C10H9NO2/c1-6-2-3-8-7(4-6)9(12)5-10(13)11-8/h2-5H,1H3,(H2,11,12,13). The first-order valence-electron chi connectivity index (χ1n) is 3.99. The number of benzene rings is 1. The molecule has 0 bridgehead atoms. The van der Waals surface area contributed by atoms with Crippen LogP contribution >= 0.6 is 0 Å². The molecule has 2 rings (SSSR count). The van der Waals surface area contributed by atoms with Crippen molar-refractivity contribution in [2.45, 2.75) is 6.92 Å². The van der Waals surface area contributed by atoms with Crippen LogP contribution in [0.3, 0.4) is 0 Å². The van der Waals surface area contributed by atoms with Crippen molar-refractivity contribution in [3.8, 4) is 5.75 Å². The summed E-state index contributed by atoms with van der Waals surface area (Å²) in [4.78, 5) is 13.6. The van der Waals surface area contributed by atoms with E-state index in [1.165, 1.54) is 6.07 Å². The number of H-pyrrole nitrogens is 1. The lowest BCUT2D eigenvalue weighted by Gasteiger charge is -2.00. The Morgan fingerprint density at radius 3 is 2.85 bits per heavy atom. The van der Waals surface area contributed by atoms with E-state index in [4.69, 9.17) is 0 Å². The van der Waals surface area contributed by atoms with Crippen LogP contribution in [0.25, 0.3) is 10.9 Å². The van der Waals surface area contributed by atoms with Crippen molar-refractivity contribution in [1.82, 2.24) is 4.98 Å². The lowest BCUT2D eigenvalue weighted by atomic mass is 10.1. The Hall–Kier alpha value is -1.77. The van der Waals surface area contributed by atoms with Gasteiger partial charge in [0.15, 0.2) is 0 Å². The van der Waals surface area contributed by atoms with E-state index in [1.54, 1.807) is 6.07 Å². The van der Waals surface area contributed by atoms with Crippen LogP contribution in [0.2, 0.25) is 0 Å². The quantitative estimate of drug-likeness (QED) is 0.638. The molecule has 0 saturated heterocycles. The third-order valence-corrected chi connectivity index (χ3v) is 1.98. The highest BCUT2D eigenvalue weighted by atomic mass is 16.3. The third kappa shape index (κ3) is 1.28. The molecule has 0 radical (unpaired) electrons. The number of pyridine rings is 1. The number of nitrogens with one attached hydrogen (secondary N) is 1. The zero-order valence-corrected chi connectivity index (χ0v) is 7.16. The van der Waals surface area contributed by atoms with Crippen LogP contribution < -0.4 is 5.56 Å². The van der Waals surface area contributed by atoms with Crippen LogP contribution in [0.4, 0.5) is 0 Å². The van der Waals surface area contributed by atoms with Gasteiger partial charge >= 0.3 is 0 Å². The summed E-state index contributed by atoms with van der Waals surface area (Å²) in [5.74, 6) is 0.0300. The molecule has 66 valence electrons. The average Bonchev–Trinajstić information content (AvgIpc) is 2.06. The molecule has 0 aliphatic rings. The molecule has 1 aromatic carbocycles. The molecule has 1 aromatic heterocycles. The van der Waals surface area contributed by atoms with Crippen LogP contribution in [0, 0.1) is 6.92 Å². The fraction of sp³-hybridized carbons (Fsp3) is 0.100. The topological polar surface area (TPSA) is 53.1 Å². The normalized spacial score (nSPS) is 10.5. The Labute approximate surface area is 74.7 Å². The minimum Gasteiger partial charge on any atom is -0.507 e. The summed E-state index contributed by atoms with van der Waals surface area (Å²) in [5, 5.41) is 10.1. The summed E-state index contributed by atoms with van der Waals surface area (Å²) >= 11 is 0. The Kier molecular flexibility index (Phi) is 1.59. The summed E-state index contributed by atoms with van der Waals surface area (Å²) in [6.45, 7) is 1.93. The summed E-state index contributed by atoms with van der Waals surface area (Å²) in [7, 11) is 0. The second kappa shape index (κ2) is 2.62. The van der Waals surface area contributed by atoms with Crippen LogP contribution in [-0.4, -0.2) is 10.1 Å². The maximum atomic E-state index is 11.0. The van der Waals surface area contributed by atoms with Gasteiger partial charge in [-0.25, -0.2) is 0 Å². The fourth-order valence-corrected chi connectivity index (χ4v) is 1.35. The number of rotatable bonds is 0. The minimum absolute atomic E-state index is 0.0300. The van der Waals surface area contributed by atoms with Gasteiger partial charge in [0.1, 0.15) is 5.75 Å². The molecule has 3 heteroatoms. The van der Waals surface area contributed by atoms with Crippen molar-refractivity contribution in [3.63, 3.8) is 0 Å². The van der Waals surface area contributed by atoms with Crippen LogP contribution in [0.5, 0.6) is 5.75 Å². The summed E-state index contributed by atoms with van der Waals surface area (Å²) < 4.78 is 0. The fourth-order valence-electron chi connectivity index (χ4n) is 1.35. The molecule has 1 heterocycles. The van der Waals surface area contributed by atoms with E-state index in [1.807, 2.05) is 19.1 Å². The first-order valence-corrected chi connectivity index (χ1v) is 3.99. The van der Waals surface area contributed by atoms with Gasteiger partial charge in [0, 0.05) is 11.5 Å². The number of hydrogen-bond donors (Lipinski definition) is 2. The van der Waals surface area contributed by atoms with E-state index in [2.05, 4.69) is 4.98 Å². The molecule has 0 unspecified atom stereocenters. The van der Waals surface area contributed by atoms with Gasteiger partial charge in [-0.15, -0.1) is 0 Å². The predicted molar refractivity (Wildman–Crippen MR) is 51.0 cm³/mol. The van der Waals surface area contributed by atoms with Gasteiger partial charge in [-0.05, 0) is 19.1 Å². The number of aromatic hydroxyl groups is 1. The molecular weight excluding hydrogens is 166 g/mol. The van der Waals surface area contributed by atoms with Crippen molar-refractivity contribution >= 4 is 10.9 Å². The molecule has 13 heavy (non-hydrogen) atoms. The highest BCUT2D eigenvalue weighted by Gasteiger charge is 2.00. The van der Waals surface area contributed by atoms with Crippen LogP contribution in [0.15, 0.2) is 29.1 Å². The molecule has 0 amide bonds. The van der Waals surface area contributed by atoms with Gasteiger partial charge in [0.25, 0.3) is 5.56 Å². The molecule has 0 saturated carbocycles. The van der Waals surface area contributed by atoms with Crippen molar-refractivity contribution < 1.29 is 5.11 Å². The van der Waals surface area contributed by atoms with Gasteiger partial charge in [-0.1, -0.05) is 11.6 Å². The van der Waals surface area contributed by atoms with Gasteiger partial charge in [-0.3, -0.25) is 4.79 Å². The molecule has 2 N–H and O–H groups in total. The van der Waals surface area contributed by atoms with Gasteiger partial charge in [-0.2, -0.15) is 0 Å². The van der Waals surface area contributed by atoms with Gasteiger partial charge in [0.2, 0.25) is 0 Å². The van der Waals surface area contributed by atoms with Crippen molar-refractivity contribution in [2.75, 3.05) is 0 Å². The number of hydrogen-bond acceptors (Lipinski definition) is 2. The average molecular weight is 175 g/mol. The van der Waals surface area contributed by atoms with Crippen LogP contribution in [0.1, 0.15) is 5.56 Å². The lowest BCUT2D eigenvalue weighted by Crippen LogP contribution is -2.02. The van der Waals surface area contributed by atoms with E-state index in [-0.39, 0.29) is 11.3 Å². The Bertz CT molecular complexity index is 514. The van der Waals surface area contributed by atoms with Crippen molar-refractivity contribution in [1.29, 1.82) is 0 Å². The molecule has 0 aliphatic carbocycles. The zero-order valence-electron chi connectivity index (χ0n) is 7.16. The van der Waals surface area contributed by atoms with E-state index in [9.17, 15) is 9.90 Å². The van der Waals surface area contributed by atoms with Crippen LogP contribution in [-0.2, 0) is 0 Å². The van der Waals surface area contributed by atoms with E-state index < -0.39 is 0 Å². The predicted octanol–water partition coefficient (Wildman–Crippen LogP) is 1.54. The first kappa shape index (κ1) is 7.86. The number of aryl methyl sites for hydroxylation is 1. The van der Waals surface area contributed by atoms with Crippen molar-refractivity contribution in [3.05, 3.63) is 40.2 Å². The molecular formula is C10H9NO2. The zero-order chi connectivity index (χ0) is 9.42. The summed E-state index contributed by atoms with van der Waals surface area (Å²) in [6.07, 6.45) is 0. The molecule has 0 atom stereocenters. The van der Waals surface area contributed by atoms with E-state index in [0.717, 1.165) is 5.56 Å². The third-order valence-electron chi connectivity index (χ3n) is 1.98.